The lowest BCUT2D eigenvalue weighted by atomic mass is 10.0. The summed E-state index contributed by atoms with van der Waals surface area (Å²) in [7, 11) is 3.79. The Kier molecular flexibility index (Phi) is 5.45. The predicted molar refractivity (Wildman–Crippen MR) is 70.4 cm³/mol. The number of hydrogen-bond acceptors (Lipinski definition) is 3. The molecule has 1 N–H and O–H groups in total. The van der Waals surface area contributed by atoms with E-state index in [4.69, 9.17) is 4.74 Å². The van der Waals surface area contributed by atoms with Gasteiger partial charge >= 0.3 is 0 Å². The fraction of sp³-hybridized carbons (Fsp3) is 0.571. The van der Waals surface area contributed by atoms with Crippen molar-refractivity contribution >= 4 is 0 Å². The third kappa shape index (κ3) is 4.02. The Balaban J connectivity index is 2.64. The number of phenolic OH excluding ortho intramolecular Hbond substituents is 1. The molecule has 1 aromatic rings. The Bertz CT molecular complexity index is 352. The van der Waals surface area contributed by atoms with Crippen LogP contribution in [0.15, 0.2) is 18.2 Å². The van der Waals surface area contributed by atoms with Crippen molar-refractivity contribution in [3.63, 3.8) is 0 Å². The highest BCUT2D eigenvalue weighted by Gasteiger charge is 2.14. The summed E-state index contributed by atoms with van der Waals surface area (Å²) in [6.07, 6.45) is 1.00. The van der Waals surface area contributed by atoms with Crippen LogP contribution < -0.4 is 0 Å². The molecule has 0 amide bonds. The van der Waals surface area contributed by atoms with E-state index in [1.165, 1.54) is 0 Å². The van der Waals surface area contributed by atoms with Gasteiger partial charge in [-0.05, 0) is 38.9 Å². The van der Waals surface area contributed by atoms with E-state index in [2.05, 4.69) is 18.9 Å². The van der Waals surface area contributed by atoms with E-state index in [9.17, 15) is 5.11 Å². The minimum absolute atomic E-state index is 0.215. The molecule has 0 bridgehead atoms. The Morgan fingerprint density at radius 3 is 2.71 bits per heavy atom. The molecule has 0 fully saturated rings. The molecule has 96 valence electrons. The van der Waals surface area contributed by atoms with E-state index in [-0.39, 0.29) is 6.04 Å². The van der Waals surface area contributed by atoms with Crippen molar-refractivity contribution in [1.29, 1.82) is 0 Å². The Morgan fingerprint density at radius 2 is 2.12 bits per heavy atom. The third-order valence-corrected chi connectivity index (χ3v) is 3.16. The molecule has 0 aliphatic carbocycles. The van der Waals surface area contributed by atoms with Crippen molar-refractivity contribution in [3.8, 4) is 5.75 Å². The van der Waals surface area contributed by atoms with Crippen LogP contribution in [0.2, 0.25) is 0 Å². The van der Waals surface area contributed by atoms with Gasteiger partial charge in [0, 0.05) is 31.9 Å². The number of aryl methyl sites for hydroxylation is 1. The highest BCUT2D eigenvalue weighted by Crippen LogP contribution is 2.28. The quantitative estimate of drug-likeness (QED) is 0.772. The zero-order valence-corrected chi connectivity index (χ0v) is 11.2. The van der Waals surface area contributed by atoms with Gasteiger partial charge in [-0.1, -0.05) is 12.1 Å². The SMILES string of the molecule is COCCCN(C)C(C)c1ccc(C)cc1O. The van der Waals surface area contributed by atoms with Crippen LogP contribution in [0, 0.1) is 6.92 Å². The first-order valence-electron chi connectivity index (χ1n) is 6.05. The second kappa shape index (κ2) is 6.62. The summed E-state index contributed by atoms with van der Waals surface area (Å²) in [6, 6.07) is 6.07. The van der Waals surface area contributed by atoms with Gasteiger partial charge < -0.3 is 9.84 Å². The van der Waals surface area contributed by atoms with Crippen LogP contribution in [0.1, 0.15) is 30.5 Å². The first-order chi connectivity index (χ1) is 8.06. The number of benzene rings is 1. The largest absolute Gasteiger partial charge is 0.508 e. The van der Waals surface area contributed by atoms with Gasteiger partial charge in [0.2, 0.25) is 0 Å². The van der Waals surface area contributed by atoms with E-state index < -0.39 is 0 Å². The normalized spacial score (nSPS) is 13.0. The van der Waals surface area contributed by atoms with Gasteiger partial charge in [-0.25, -0.2) is 0 Å². The first-order valence-corrected chi connectivity index (χ1v) is 6.05. The third-order valence-electron chi connectivity index (χ3n) is 3.16. The molecular formula is C14H23NO2. The molecule has 0 aliphatic heterocycles. The van der Waals surface area contributed by atoms with Gasteiger partial charge in [0.1, 0.15) is 5.75 Å². The average molecular weight is 237 g/mol. The zero-order valence-electron chi connectivity index (χ0n) is 11.2. The fourth-order valence-corrected chi connectivity index (χ4v) is 1.90. The molecule has 1 rings (SSSR count). The van der Waals surface area contributed by atoms with Gasteiger partial charge in [-0.2, -0.15) is 0 Å². The highest BCUT2D eigenvalue weighted by molar-refractivity contribution is 5.37. The zero-order chi connectivity index (χ0) is 12.8. The standard InChI is InChI=1S/C14H23NO2/c1-11-6-7-13(14(16)10-11)12(2)15(3)8-5-9-17-4/h6-7,10,12,16H,5,8-9H2,1-4H3. The molecular weight excluding hydrogens is 214 g/mol. The van der Waals surface area contributed by atoms with E-state index in [1.54, 1.807) is 7.11 Å². The van der Waals surface area contributed by atoms with Crippen LogP contribution >= 0.6 is 0 Å². The topological polar surface area (TPSA) is 32.7 Å². The van der Waals surface area contributed by atoms with Gasteiger partial charge in [0.15, 0.2) is 0 Å². The van der Waals surface area contributed by atoms with Crippen LogP contribution in [-0.4, -0.2) is 37.3 Å². The molecule has 3 heteroatoms. The van der Waals surface area contributed by atoms with Gasteiger partial charge in [-0.3, -0.25) is 4.90 Å². The van der Waals surface area contributed by atoms with Crippen molar-refractivity contribution in [2.24, 2.45) is 0 Å². The molecule has 0 heterocycles. The average Bonchev–Trinajstić information content (AvgIpc) is 2.28. The molecule has 0 spiro atoms. The van der Waals surface area contributed by atoms with Crippen molar-refractivity contribution < 1.29 is 9.84 Å². The monoisotopic (exact) mass is 237 g/mol. The highest BCUT2D eigenvalue weighted by atomic mass is 16.5. The number of phenols is 1. The number of nitrogens with zero attached hydrogens (tertiary/aromatic N) is 1. The Labute approximate surface area is 104 Å². The molecule has 17 heavy (non-hydrogen) atoms. The molecule has 0 aromatic heterocycles. The summed E-state index contributed by atoms with van der Waals surface area (Å²) in [4.78, 5) is 2.23. The lowest BCUT2D eigenvalue weighted by Crippen LogP contribution is -2.24. The number of rotatable bonds is 6. The second-order valence-corrected chi connectivity index (χ2v) is 4.57. The van der Waals surface area contributed by atoms with Gasteiger partial charge in [0.05, 0.1) is 0 Å². The molecule has 0 saturated heterocycles. The summed E-state index contributed by atoms with van der Waals surface area (Å²) in [6.45, 7) is 5.83. The predicted octanol–water partition coefficient (Wildman–Crippen LogP) is 2.73. The summed E-state index contributed by atoms with van der Waals surface area (Å²) in [5.41, 5.74) is 2.07. The van der Waals surface area contributed by atoms with E-state index in [1.807, 2.05) is 25.1 Å². The van der Waals surface area contributed by atoms with Crippen LogP contribution in [0.4, 0.5) is 0 Å². The molecule has 1 atom stereocenters. The molecule has 0 radical (unpaired) electrons. The summed E-state index contributed by atoms with van der Waals surface area (Å²) >= 11 is 0. The lowest BCUT2D eigenvalue weighted by molar-refractivity contribution is 0.168. The minimum atomic E-state index is 0.215. The van der Waals surface area contributed by atoms with Crippen LogP contribution in [0.5, 0.6) is 5.75 Å². The number of methoxy groups -OCH3 is 1. The maximum atomic E-state index is 9.93. The fourth-order valence-electron chi connectivity index (χ4n) is 1.90. The smallest absolute Gasteiger partial charge is 0.120 e. The van der Waals surface area contributed by atoms with Crippen molar-refractivity contribution in [3.05, 3.63) is 29.3 Å². The van der Waals surface area contributed by atoms with Crippen LogP contribution in [0.25, 0.3) is 0 Å². The number of aromatic hydroxyl groups is 1. The maximum Gasteiger partial charge on any atom is 0.120 e. The molecule has 3 nitrogen and oxygen atoms in total. The summed E-state index contributed by atoms with van der Waals surface area (Å²) < 4.78 is 5.04. The first kappa shape index (κ1) is 14.0. The number of ether oxygens (including phenoxy) is 1. The summed E-state index contributed by atoms with van der Waals surface area (Å²) in [5, 5.41) is 9.93. The Hall–Kier alpha value is -1.06. The summed E-state index contributed by atoms with van der Waals surface area (Å²) in [5.74, 6) is 0.385. The second-order valence-electron chi connectivity index (χ2n) is 4.57. The Morgan fingerprint density at radius 1 is 1.41 bits per heavy atom. The number of hydrogen-bond donors (Lipinski definition) is 1. The van der Waals surface area contributed by atoms with E-state index in [0.29, 0.717) is 5.75 Å². The lowest BCUT2D eigenvalue weighted by Gasteiger charge is -2.25. The van der Waals surface area contributed by atoms with Crippen LogP contribution in [-0.2, 0) is 4.74 Å². The van der Waals surface area contributed by atoms with E-state index in [0.717, 1.165) is 30.7 Å². The van der Waals surface area contributed by atoms with Gasteiger partial charge in [-0.15, -0.1) is 0 Å². The molecule has 0 aliphatic rings. The van der Waals surface area contributed by atoms with E-state index >= 15 is 0 Å². The molecule has 1 aromatic carbocycles. The van der Waals surface area contributed by atoms with Crippen molar-refractivity contribution in [2.75, 3.05) is 27.3 Å². The van der Waals surface area contributed by atoms with Crippen LogP contribution in [0.3, 0.4) is 0 Å². The molecule has 1 unspecified atom stereocenters. The van der Waals surface area contributed by atoms with Crippen molar-refractivity contribution in [1.82, 2.24) is 4.90 Å². The van der Waals surface area contributed by atoms with Crippen molar-refractivity contribution in [2.45, 2.75) is 26.3 Å². The van der Waals surface area contributed by atoms with Gasteiger partial charge in [0.25, 0.3) is 0 Å². The molecule has 0 saturated carbocycles. The maximum absolute atomic E-state index is 9.93. The minimum Gasteiger partial charge on any atom is -0.508 e.